The molecule has 0 N–H and O–H groups in total. The van der Waals surface area contributed by atoms with Crippen LogP contribution in [0, 0.1) is 0 Å². The van der Waals surface area contributed by atoms with E-state index in [1.165, 1.54) is 57.8 Å². The lowest BCUT2D eigenvalue weighted by molar-refractivity contribution is -0.146. The molecule has 36 heavy (non-hydrogen) atoms. The maximum atomic E-state index is 12.6. The molecular formula is C30H54O6. The Morgan fingerprint density at radius 1 is 0.500 bits per heavy atom. The highest BCUT2D eigenvalue weighted by Crippen LogP contribution is 2.11. The van der Waals surface area contributed by atoms with Gasteiger partial charge in [-0.25, -0.2) is 9.59 Å². The first-order valence-electron chi connectivity index (χ1n) is 14.7. The van der Waals surface area contributed by atoms with Crippen LogP contribution in [0.25, 0.3) is 0 Å². The molecule has 0 aliphatic carbocycles. The molecule has 0 saturated carbocycles. The normalized spacial score (nSPS) is 11.4. The molecule has 0 bridgehead atoms. The van der Waals surface area contributed by atoms with Gasteiger partial charge in [0, 0.05) is 6.08 Å². The molecule has 0 spiro atoms. The van der Waals surface area contributed by atoms with Gasteiger partial charge in [-0.3, -0.25) is 4.79 Å². The van der Waals surface area contributed by atoms with E-state index < -0.39 is 17.9 Å². The standard InChI is InChI=1S/C30H54O6/c1-4-7-10-13-16-19-22-34-28(31)25-27(30(33)36-24-21-18-15-12-9-6-3)26-29(32)35-23-20-17-14-11-8-5-2/h25H,4-24,26H2,1-3H3/b27-25+. The molecule has 0 aromatic carbocycles. The van der Waals surface area contributed by atoms with E-state index in [1.807, 2.05) is 0 Å². The Hall–Kier alpha value is -1.85. The Morgan fingerprint density at radius 3 is 1.36 bits per heavy atom. The number of unbranched alkanes of at least 4 members (excludes halogenated alkanes) is 15. The van der Waals surface area contributed by atoms with E-state index >= 15 is 0 Å². The number of hydrogen-bond donors (Lipinski definition) is 0. The van der Waals surface area contributed by atoms with Crippen molar-refractivity contribution in [3.05, 3.63) is 11.6 Å². The number of hydrogen-bond acceptors (Lipinski definition) is 6. The van der Waals surface area contributed by atoms with E-state index in [1.54, 1.807) is 0 Å². The average molecular weight is 511 g/mol. The van der Waals surface area contributed by atoms with Gasteiger partial charge in [0.1, 0.15) is 0 Å². The zero-order valence-corrected chi connectivity index (χ0v) is 23.6. The maximum absolute atomic E-state index is 12.6. The predicted molar refractivity (Wildman–Crippen MR) is 146 cm³/mol. The van der Waals surface area contributed by atoms with Gasteiger partial charge in [-0.1, -0.05) is 117 Å². The smallest absolute Gasteiger partial charge is 0.334 e. The van der Waals surface area contributed by atoms with E-state index in [2.05, 4.69) is 20.8 Å². The SMILES string of the molecule is CCCCCCCCOC(=O)/C=C(\CC(=O)OCCCCCCCC)C(=O)OCCCCCCCC. The number of esters is 3. The molecular weight excluding hydrogens is 456 g/mol. The van der Waals surface area contributed by atoms with Gasteiger partial charge in [0.05, 0.1) is 31.8 Å². The van der Waals surface area contributed by atoms with Crippen LogP contribution in [0.5, 0.6) is 0 Å². The van der Waals surface area contributed by atoms with Gasteiger partial charge in [0.2, 0.25) is 0 Å². The summed E-state index contributed by atoms with van der Waals surface area (Å²) in [7, 11) is 0. The number of carbonyl (C=O) groups is 3. The summed E-state index contributed by atoms with van der Waals surface area (Å²) in [5.41, 5.74) is 0.00174. The maximum Gasteiger partial charge on any atom is 0.334 e. The summed E-state index contributed by atoms with van der Waals surface area (Å²) in [5.74, 6) is -1.77. The Kier molecular flexibility index (Phi) is 24.9. The lowest BCUT2D eigenvalue weighted by Crippen LogP contribution is -2.17. The third-order valence-corrected chi connectivity index (χ3v) is 6.12. The van der Waals surface area contributed by atoms with E-state index in [0.717, 1.165) is 63.9 Å². The van der Waals surface area contributed by atoms with Crippen molar-refractivity contribution in [2.45, 2.75) is 143 Å². The minimum atomic E-state index is -0.642. The van der Waals surface area contributed by atoms with Crippen LogP contribution in [0.1, 0.15) is 143 Å². The average Bonchev–Trinajstić information content (AvgIpc) is 2.86. The summed E-state index contributed by atoms with van der Waals surface area (Å²) >= 11 is 0. The van der Waals surface area contributed by atoms with Crippen LogP contribution < -0.4 is 0 Å². The van der Waals surface area contributed by atoms with Crippen LogP contribution in [0.15, 0.2) is 11.6 Å². The molecule has 0 amide bonds. The van der Waals surface area contributed by atoms with Crippen molar-refractivity contribution in [3.63, 3.8) is 0 Å². The van der Waals surface area contributed by atoms with E-state index in [-0.39, 0.29) is 18.6 Å². The number of rotatable bonds is 25. The first-order chi connectivity index (χ1) is 17.5. The fourth-order valence-corrected chi connectivity index (χ4v) is 3.84. The monoisotopic (exact) mass is 510 g/mol. The van der Waals surface area contributed by atoms with Crippen LogP contribution in [-0.4, -0.2) is 37.7 Å². The van der Waals surface area contributed by atoms with Crippen LogP contribution in [-0.2, 0) is 28.6 Å². The zero-order valence-electron chi connectivity index (χ0n) is 23.6. The summed E-state index contributed by atoms with van der Waals surface area (Å²) in [6.45, 7) is 7.44. The second kappa shape index (κ2) is 26.2. The number of carbonyl (C=O) groups excluding carboxylic acids is 3. The molecule has 0 unspecified atom stereocenters. The van der Waals surface area contributed by atoms with Crippen molar-refractivity contribution < 1.29 is 28.6 Å². The first-order valence-corrected chi connectivity index (χ1v) is 14.7. The molecule has 0 fully saturated rings. The molecule has 0 radical (unpaired) electrons. The van der Waals surface area contributed by atoms with Gasteiger partial charge in [0.25, 0.3) is 0 Å². The predicted octanol–water partition coefficient (Wildman–Crippen LogP) is 8.01. The van der Waals surface area contributed by atoms with E-state index in [4.69, 9.17) is 14.2 Å². The fourth-order valence-electron chi connectivity index (χ4n) is 3.84. The molecule has 6 heteroatoms. The second-order valence-electron chi connectivity index (χ2n) is 9.67. The fraction of sp³-hybridized carbons (Fsp3) is 0.833. The molecule has 210 valence electrons. The van der Waals surface area contributed by atoms with Gasteiger partial charge < -0.3 is 14.2 Å². The van der Waals surface area contributed by atoms with Crippen molar-refractivity contribution in [2.24, 2.45) is 0 Å². The van der Waals surface area contributed by atoms with Crippen LogP contribution in [0.4, 0.5) is 0 Å². The van der Waals surface area contributed by atoms with E-state index in [9.17, 15) is 14.4 Å². The van der Waals surface area contributed by atoms with Gasteiger partial charge in [-0.05, 0) is 19.3 Å². The third-order valence-electron chi connectivity index (χ3n) is 6.12. The van der Waals surface area contributed by atoms with Crippen LogP contribution in [0.2, 0.25) is 0 Å². The molecule has 6 nitrogen and oxygen atoms in total. The molecule has 0 rings (SSSR count). The quantitative estimate of drug-likeness (QED) is 0.0535. The molecule has 0 aliphatic heterocycles. The highest BCUT2D eigenvalue weighted by Gasteiger charge is 2.19. The Morgan fingerprint density at radius 2 is 0.889 bits per heavy atom. The summed E-state index contributed by atoms with van der Waals surface area (Å²) in [6.07, 6.45) is 20.4. The van der Waals surface area contributed by atoms with Gasteiger partial charge in [-0.2, -0.15) is 0 Å². The summed E-state index contributed by atoms with van der Waals surface area (Å²) < 4.78 is 15.9. The first kappa shape index (κ1) is 34.1. The van der Waals surface area contributed by atoms with Crippen molar-refractivity contribution in [3.8, 4) is 0 Å². The summed E-state index contributed by atoms with van der Waals surface area (Å²) in [4.78, 5) is 37.2. The summed E-state index contributed by atoms with van der Waals surface area (Å²) in [6, 6.07) is 0. The lowest BCUT2D eigenvalue weighted by atomic mass is 10.1. The van der Waals surface area contributed by atoms with Crippen LogP contribution in [0.3, 0.4) is 0 Å². The zero-order chi connectivity index (χ0) is 26.7. The Bertz CT molecular complexity index is 584. The van der Waals surface area contributed by atoms with E-state index in [0.29, 0.717) is 13.2 Å². The molecule has 0 aromatic rings. The molecule has 0 aliphatic rings. The van der Waals surface area contributed by atoms with Crippen molar-refractivity contribution >= 4 is 17.9 Å². The Balaban J connectivity index is 4.56. The molecule has 0 saturated heterocycles. The van der Waals surface area contributed by atoms with Crippen molar-refractivity contribution in [1.29, 1.82) is 0 Å². The highest BCUT2D eigenvalue weighted by molar-refractivity contribution is 5.99. The highest BCUT2D eigenvalue weighted by atomic mass is 16.5. The lowest BCUT2D eigenvalue weighted by Gasteiger charge is -2.10. The van der Waals surface area contributed by atoms with Gasteiger partial charge >= 0.3 is 17.9 Å². The van der Waals surface area contributed by atoms with Crippen molar-refractivity contribution in [2.75, 3.05) is 19.8 Å². The summed E-state index contributed by atoms with van der Waals surface area (Å²) in [5, 5.41) is 0. The Labute approximate surface area is 220 Å². The third kappa shape index (κ3) is 22.6. The largest absolute Gasteiger partial charge is 0.465 e. The van der Waals surface area contributed by atoms with Crippen LogP contribution >= 0.6 is 0 Å². The second-order valence-corrected chi connectivity index (χ2v) is 9.67. The van der Waals surface area contributed by atoms with Gasteiger partial charge in [0.15, 0.2) is 0 Å². The topological polar surface area (TPSA) is 78.9 Å². The molecule has 0 aromatic heterocycles. The number of ether oxygens (including phenoxy) is 3. The minimum absolute atomic E-state index is 0.00174. The minimum Gasteiger partial charge on any atom is -0.465 e. The molecule has 0 atom stereocenters. The molecule has 0 heterocycles. The van der Waals surface area contributed by atoms with Gasteiger partial charge in [-0.15, -0.1) is 0 Å². The van der Waals surface area contributed by atoms with Crippen molar-refractivity contribution in [1.82, 2.24) is 0 Å².